The van der Waals surface area contributed by atoms with Gasteiger partial charge in [0.2, 0.25) is 0 Å². The Balaban J connectivity index is 2.20. The lowest BCUT2D eigenvalue weighted by atomic mass is 9.94. The van der Waals surface area contributed by atoms with Crippen molar-refractivity contribution in [3.63, 3.8) is 0 Å². The average Bonchev–Trinajstić information content (AvgIpc) is 2.17. The Morgan fingerprint density at radius 2 is 2.27 bits per heavy atom. The first-order chi connectivity index (χ1) is 7.15. The van der Waals surface area contributed by atoms with Crippen LogP contribution in [0.4, 0.5) is 0 Å². The first-order valence-corrected chi connectivity index (χ1v) is 5.10. The lowest BCUT2D eigenvalue weighted by molar-refractivity contribution is -0.144. The van der Waals surface area contributed by atoms with Gasteiger partial charge in [0.15, 0.2) is 0 Å². The molecule has 0 aromatic heterocycles. The van der Waals surface area contributed by atoms with E-state index in [1.165, 1.54) is 23.6 Å². The van der Waals surface area contributed by atoms with Crippen LogP contribution < -0.4 is 0 Å². The molecule has 0 fully saturated rings. The van der Waals surface area contributed by atoms with Gasteiger partial charge in [0.25, 0.3) is 0 Å². The summed E-state index contributed by atoms with van der Waals surface area (Å²) in [6.45, 7) is 3.52. The highest BCUT2D eigenvalue weighted by molar-refractivity contribution is 5.67. The number of carbonyl (C=O) groups is 1. The summed E-state index contributed by atoms with van der Waals surface area (Å²) in [5.41, 5.74) is 3.73. The van der Waals surface area contributed by atoms with Crippen molar-refractivity contribution in [2.45, 2.75) is 26.4 Å². The Kier molecular flexibility index (Phi) is 2.58. The minimum Gasteiger partial charge on any atom is -0.458 e. The lowest BCUT2D eigenvalue weighted by Crippen LogP contribution is -2.19. The molecule has 1 aliphatic rings. The first kappa shape index (κ1) is 9.97. The second-order valence-corrected chi connectivity index (χ2v) is 3.91. The molecule has 1 aromatic carbocycles. The third-order valence-electron chi connectivity index (χ3n) is 2.53. The Morgan fingerprint density at radius 3 is 3.00 bits per heavy atom. The molecule has 0 saturated carbocycles. The molecule has 2 nitrogen and oxygen atoms in total. The minimum atomic E-state index is -0.222. The zero-order valence-electron chi connectivity index (χ0n) is 8.99. The molecule has 0 radical (unpaired) electrons. The smallest absolute Gasteiger partial charge is 0.303 e. The Labute approximate surface area is 89.6 Å². The number of fused-ring (bicyclic) bond motifs is 1. The summed E-state index contributed by atoms with van der Waals surface area (Å²) in [6, 6.07) is 6.34. The summed E-state index contributed by atoms with van der Waals surface area (Å²) in [7, 11) is 0. The monoisotopic (exact) mass is 202 g/mol. The van der Waals surface area contributed by atoms with Gasteiger partial charge in [-0.15, -0.1) is 0 Å². The summed E-state index contributed by atoms with van der Waals surface area (Å²) in [5.74, 6) is -0.222. The van der Waals surface area contributed by atoms with Crippen LogP contribution in [0.25, 0.3) is 6.08 Å². The van der Waals surface area contributed by atoms with Gasteiger partial charge in [-0.05, 0) is 24.1 Å². The number of esters is 1. The van der Waals surface area contributed by atoms with Crippen LogP contribution in [0, 0.1) is 6.92 Å². The van der Waals surface area contributed by atoms with Crippen LogP contribution in [-0.4, -0.2) is 12.1 Å². The van der Waals surface area contributed by atoms with Crippen molar-refractivity contribution in [3.8, 4) is 0 Å². The maximum absolute atomic E-state index is 10.8. The summed E-state index contributed by atoms with van der Waals surface area (Å²) < 4.78 is 5.15. The molecular weight excluding hydrogens is 188 g/mol. The zero-order valence-corrected chi connectivity index (χ0v) is 8.99. The summed E-state index contributed by atoms with van der Waals surface area (Å²) in [5, 5.41) is 0. The molecule has 2 rings (SSSR count). The van der Waals surface area contributed by atoms with Crippen LogP contribution in [-0.2, 0) is 16.0 Å². The first-order valence-electron chi connectivity index (χ1n) is 5.10. The van der Waals surface area contributed by atoms with E-state index in [4.69, 9.17) is 4.74 Å². The number of benzene rings is 1. The molecule has 15 heavy (non-hydrogen) atoms. The molecule has 0 heterocycles. The van der Waals surface area contributed by atoms with Crippen LogP contribution in [0.2, 0.25) is 0 Å². The quantitative estimate of drug-likeness (QED) is 0.654. The Morgan fingerprint density at radius 1 is 1.47 bits per heavy atom. The van der Waals surface area contributed by atoms with Crippen molar-refractivity contribution >= 4 is 12.0 Å². The van der Waals surface area contributed by atoms with Crippen molar-refractivity contribution in [1.82, 2.24) is 0 Å². The maximum atomic E-state index is 10.8. The van der Waals surface area contributed by atoms with Crippen molar-refractivity contribution in [1.29, 1.82) is 0 Å². The van der Waals surface area contributed by atoms with E-state index in [9.17, 15) is 4.79 Å². The molecule has 0 amide bonds. The molecule has 1 aliphatic carbocycles. The van der Waals surface area contributed by atoms with E-state index in [0.717, 1.165) is 6.42 Å². The predicted molar refractivity (Wildman–Crippen MR) is 59.5 cm³/mol. The molecular formula is C13H14O2. The van der Waals surface area contributed by atoms with E-state index in [1.54, 1.807) is 0 Å². The highest BCUT2D eigenvalue weighted by Gasteiger charge is 2.15. The van der Waals surface area contributed by atoms with Gasteiger partial charge in [-0.3, -0.25) is 4.79 Å². The van der Waals surface area contributed by atoms with E-state index in [0.29, 0.717) is 0 Å². The molecule has 1 aromatic rings. The molecule has 1 unspecified atom stereocenters. The number of hydrogen-bond acceptors (Lipinski definition) is 2. The topological polar surface area (TPSA) is 26.3 Å². The summed E-state index contributed by atoms with van der Waals surface area (Å²) in [6.07, 6.45) is 4.66. The molecule has 0 bridgehead atoms. The highest BCUT2D eigenvalue weighted by Crippen LogP contribution is 2.21. The molecule has 0 aliphatic heterocycles. The van der Waals surface area contributed by atoms with Gasteiger partial charge in [-0.2, -0.15) is 0 Å². The van der Waals surface area contributed by atoms with E-state index >= 15 is 0 Å². The fourth-order valence-corrected chi connectivity index (χ4v) is 1.85. The molecule has 0 N–H and O–H groups in total. The van der Waals surface area contributed by atoms with Crippen LogP contribution in [0.3, 0.4) is 0 Å². The van der Waals surface area contributed by atoms with Crippen LogP contribution in [0.15, 0.2) is 24.3 Å². The fourth-order valence-electron chi connectivity index (χ4n) is 1.85. The van der Waals surface area contributed by atoms with E-state index in [2.05, 4.69) is 25.1 Å². The lowest BCUT2D eigenvalue weighted by Gasteiger charge is -2.19. The molecule has 1 atom stereocenters. The number of rotatable bonds is 1. The maximum Gasteiger partial charge on any atom is 0.303 e. The van der Waals surface area contributed by atoms with Gasteiger partial charge in [0.05, 0.1) is 0 Å². The predicted octanol–water partition coefficient (Wildman–Crippen LogP) is 2.50. The Bertz CT molecular complexity index is 419. The average molecular weight is 202 g/mol. The van der Waals surface area contributed by atoms with Gasteiger partial charge >= 0.3 is 5.97 Å². The molecule has 78 valence electrons. The van der Waals surface area contributed by atoms with Crippen LogP contribution in [0.1, 0.15) is 23.6 Å². The Hall–Kier alpha value is -1.57. The van der Waals surface area contributed by atoms with Crippen LogP contribution in [0.5, 0.6) is 0 Å². The second kappa shape index (κ2) is 3.89. The summed E-state index contributed by atoms with van der Waals surface area (Å²) >= 11 is 0. The van der Waals surface area contributed by atoms with Crippen molar-refractivity contribution in [2.24, 2.45) is 0 Å². The largest absolute Gasteiger partial charge is 0.458 e. The standard InChI is InChI=1S/C13H14O2/c1-9-3-4-12-8-13(15-10(2)14)6-5-11(12)7-9/h3-7,13H,8H2,1-2H3. The minimum absolute atomic E-state index is 0.0993. The van der Waals surface area contributed by atoms with E-state index in [-0.39, 0.29) is 12.1 Å². The van der Waals surface area contributed by atoms with Gasteiger partial charge in [0, 0.05) is 13.3 Å². The molecule has 0 saturated heterocycles. The van der Waals surface area contributed by atoms with Gasteiger partial charge in [-0.1, -0.05) is 29.8 Å². The highest BCUT2D eigenvalue weighted by atomic mass is 16.5. The van der Waals surface area contributed by atoms with Crippen molar-refractivity contribution < 1.29 is 9.53 Å². The SMILES string of the molecule is CC(=O)OC1C=Cc2cc(C)ccc2C1. The number of carbonyl (C=O) groups excluding carboxylic acids is 1. The normalized spacial score (nSPS) is 18.4. The second-order valence-electron chi connectivity index (χ2n) is 3.91. The van der Waals surface area contributed by atoms with Crippen LogP contribution >= 0.6 is 0 Å². The third-order valence-corrected chi connectivity index (χ3v) is 2.53. The fraction of sp³-hybridized carbons (Fsp3) is 0.308. The van der Waals surface area contributed by atoms with Crippen molar-refractivity contribution in [2.75, 3.05) is 0 Å². The van der Waals surface area contributed by atoms with Crippen molar-refractivity contribution in [3.05, 3.63) is 41.0 Å². The summed E-state index contributed by atoms with van der Waals surface area (Å²) in [4.78, 5) is 10.8. The van der Waals surface area contributed by atoms with Gasteiger partial charge in [-0.25, -0.2) is 0 Å². The van der Waals surface area contributed by atoms with E-state index < -0.39 is 0 Å². The number of hydrogen-bond donors (Lipinski definition) is 0. The van der Waals surface area contributed by atoms with E-state index in [1.807, 2.05) is 12.2 Å². The van der Waals surface area contributed by atoms with Gasteiger partial charge in [0.1, 0.15) is 6.10 Å². The molecule has 2 heteroatoms. The number of aryl methyl sites for hydroxylation is 1. The third kappa shape index (κ3) is 2.27. The number of ether oxygens (including phenoxy) is 1. The van der Waals surface area contributed by atoms with Gasteiger partial charge < -0.3 is 4.74 Å². The zero-order chi connectivity index (χ0) is 10.8. The molecule has 0 spiro atoms.